The molecule has 3 aromatic rings. The van der Waals surface area contributed by atoms with E-state index in [1.54, 1.807) is 41.1 Å². The third-order valence-corrected chi connectivity index (χ3v) is 3.33. The number of nitrogens with one attached hydrogen (secondary N) is 1. The third-order valence-electron chi connectivity index (χ3n) is 3.33. The summed E-state index contributed by atoms with van der Waals surface area (Å²) in [4.78, 5) is 12.3. The maximum absolute atomic E-state index is 12.3. The average molecular weight is 323 g/mol. The molecular formula is C17H17N5O2. The Balaban J connectivity index is 1.64. The molecule has 0 aliphatic rings. The summed E-state index contributed by atoms with van der Waals surface area (Å²) in [5.41, 5.74) is 2.09. The number of hydrogen-bond donors (Lipinski definition) is 1. The molecular weight excluding hydrogens is 306 g/mol. The van der Waals surface area contributed by atoms with E-state index in [9.17, 15) is 4.79 Å². The number of nitrogens with zero attached hydrogens (tertiary/aromatic N) is 4. The van der Waals surface area contributed by atoms with Crippen molar-refractivity contribution in [3.8, 4) is 11.4 Å². The van der Waals surface area contributed by atoms with Crippen LogP contribution in [0.2, 0.25) is 0 Å². The monoisotopic (exact) mass is 323 g/mol. The van der Waals surface area contributed by atoms with E-state index in [1.165, 1.54) is 6.33 Å². The third kappa shape index (κ3) is 3.75. The number of hydrogen-bond acceptors (Lipinski definition) is 5. The van der Waals surface area contributed by atoms with Crippen molar-refractivity contribution in [2.75, 3.05) is 11.9 Å². The first-order valence-corrected chi connectivity index (χ1v) is 7.64. The molecule has 1 heterocycles. The number of tetrazole rings is 1. The van der Waals surface area contributed by atoms with Crippen LogP contribution in [-0.4, -0.2) is 32.7 Å². The van der Waals surface area contributed by atoms with Crippen molar-refractivity contribution in [2.24, 2.45) is 0 Å². The quantitative estimate of drug-likeness (QED) is 0.754. The van der Waals surface area contributed by atoms with E-state index >= 15 is 0 Å². The summed E-state index contributed by atoms with van der Waals surface area (Å²) >= 11 is 0. The topological polar surface area (TPSA) is 81.9 Å². The number of rotatable bonds is 6. The molecule has 0 saturated carbocycles. The van der Waals surface area contributed by atoms with Gasteiger partial charge in [0.25, 0.3) is 5.91 Å². The van der Waals surface area contributed by atoms with Gasteiger partial charge in [0.1, 0.15) is 12.1 Å². The van der Waals surface area contributed by atoms with Gasteiger partial charge in [-0.3, -0.25) is 4.79 Å². The Morgan fingerprint density at radius 2 is 1.88 bits per heavy atom. The molecule has 122 valence electrons. The summed E-state index contributed by atoms with van der Waals surface area (Å²) in [5.74, 6) is 0.589. The highest BCUT2D eigenvalue weighted by Crippen LogP contribution is 2.16. The molecule has 1 N–H and O–H groups in total. The number of carbonyl (C=O) groups is 1. The van der Waals surface area contributed by atoms with Gasteiger partial charge < -0.3 is 10.1 Å². The molecule has 0 unspecified atom stereocenters. The Morgan fingerprint density at radius 1 is 1.12 bits per heavy atom. The second kappa shape index (κ2) is 7.36. The van der Waals surface area contributed by atoms with E-state index in [2.05, 4.69) is 20.8 Å². The van der Waals surface area contributed by atoms with Crippen molar-refractivity contribution in [2.45, 2.75) is 13.3 Å². The fourth-order valence-electron chi connectivity index (χ4n) is 2.10. The molecule has 0 atom stereocenters. The van der Waals surface area contributed by atoms with Crippen LogP contribution in [0.15, 0.2) is 54.9 Å². The van der Waals surface area contributed by atoms with Crippen LogP contribution < -0.4 is 10.1 Å². The highest BCUT2D eigenvalue weighted by atomic mass is 16.5. The molecule has 0 fully saturated rings. The largest absolute Gasteiger partial charge is 0.494 e. The minimum absolute atomic E-state index is 0.174. The van der Waals surface area contributed by atoms with Gasteiger partial charge in [-0.2, -0.15) is 0 Å². The standard InChI is InChI=1S/C17H17N5O2/c1-2-11-24-16-9-3-13(4-10-16)17(23)19-14-5-7-15(8-6-14)22-12-18-20-21-22/h3-10,12H,2,11H2,1H3,(H,19,23). The van der Waals surface area contributed by atoms with Gasteiger partial charge in [-0.1, -0.05) is 6.92 Å². The van der Waals surface area contributed by atoms with Crippen LogP contribution in [0.25, 0.3) is 5.69 Å². The predicted molar refractivity (Wildman–Crippen MR) is 89.3 cm³/mol. The average Bonchev–Trinajstić information content (AvgIpc) is 3.15. The zero-order valence-corrected chi connectivity index (χ0v) is 13.2. The zero-order chi connectivity index (χ0) is 16.8. The number of ether oxygens (including phenoxy) is 1. The van der Waals surface area contributed by atoms with E-state index in [4.69, 9.17) is 4.74 Å². The number of amides is 1. The van der Waals surface area contributed by atoms with Gasteiger partial charge in [0, 0.05) is 11.3 Å². The van der Waals surface area contributed by atoms with E-state index in [0.717, 1.165) is 17.9 Å². The Morgan fingerprint density at radius 3 is 2.50 bits per heavy atom. The summed E-state index contributed by atoms with van der Waals surface area (Å²) in [5, 5.41) is 13.8. The molecule has 0 aliphatic heterocycles. The number of anilines is 1. The predicted octanol–water partition coefficient (Wildman–Crippen LogP) is 2.70. The fourth-order valence-corrected chi connectivity index (χ4v) is 2.10. The minimum Gasteiger partial charge on any atom is -0.494 e. The van der Waals surface area contributed by atoms with Gasteiger partial charge in [-0.05, 0) is 65.4 Å². The Bertz CT molecular complexity index is 783. The molecule has 0 spiro atoms. The van der Waals surface area contributed by atoms with Crippen LogP contribution in [0.5, 0.6) is 5.75 Å². The first kappa shape index (κ1) is 15.7. The molecule has 1 amide bonds. The van der Waals surface area contributed by atoms with Gasteiger partial charge in [0.2, 0.25) is 0 Å². The van der Waals surface area contributed by atoms with Crippen molar-refractivity contribution >= 4 is 11.6 Å². The highest BCUT2D eigenvalue weighted by molar-refractivity contribution is 6.04. The van der Waals surface area contributed by atoms with Crippen LogP contribution in [-0.2, 0) is 0 Å². The van der Waals surface area contributed by atoms with Crippen molar-refractivity contribution < 1.29 is 9.53 Å². The van der Waals surface area contributed by atoms with Gasteiger partial charge in [0.05, 0.1) is 12.3 Å². The van der Waals surface area contributed by atoms with Gasteiger partial charge >= 0.3 is 0 Å². The van der Waals surface area contributed by atoms with Crippen LogP contribution >= 0.6 is 0 Å². The van der Waals surface area contributed by atoms with E-state index in [0.29, 0.717) is 17.9 Å². The number of carbonyl (C=O) groups excluding carboxylic acids is 1. The molecule has 0 aliphatic carbocycles. The first-order valence-electron chi connectivity index (χ1n) is 7.64. The maximum Gasteiger partial charge on any atom is 0.255 e. The van der Waals surface area contributed by atoms with Crippen LogP contribution in [0.3, 0.4) is 0 Å². The molecule has 3 rings (SSSR count). The summed E-state index contributed by atoms with van der Waals surface area (Å²) in [7, 11) is 0. The molecule has 7 nitrogen and oxygen atoms in total. The second-order valence-corrected chi connectivity index (χ2v) is 5.13. The first-order chi connectivity index (χ1) is 11.8. The van der Waals surface area contributed by atoms with Gasteiger partial charge in [-0.25, -0.2) is 4.68 Å². The van der Waals surface area contributed by atoms with Crippen LogP contribution in [0.4, 0.5) is 5.69 Å². The molecule has 24 heavy (non-hydrogen) atoms. The van der Waals surface area contributed by atoms with Crippen molar-refractivity contribution in [3.05, 3.63) is 60.4 Å². The maximum atomic E-state index is 12.3. The normalized spacial score (nSPS) is 10.4. The van der Waals surface area contributed by atoms with Crippen molar-refractivity contribution in [3.63, 3.8) is 0 Å². The van der Waals surface area contributed by atoms with Crippen molar-refractivity contribution in [1.29, 1.82) is 0 Å². The van der Waals surface area contributed by atoms with E-state index in [1.807, 2.05) is 19.1 Å². The Labute approximate surface area is 139 Å². The van der Waals surface area contributed by atoms with Crippen molar-refractivity contribution in [1.82, 2.24) is 20.2 Å². The lowest BCUT2D eigenvalue weighted by Crippen LogP contribution is -2.11. The molecule has 1 aromatic heterocycles. The minimum atomic E-state index is -0.174. The second-order valence-electron chi connectivity index (χ2n) is 5.13. The van der Waals surface area contributed by atoms with E-state index in [-0.39, 0.29) is 5.91 Å². The van der Waals surface area contributed by atoms with Gasteiger partial charge in [0.15, 0.2) is 0 Å². The van der Waals surface area contributed by atoms with Gasteiger partial charge in [-0.15, -0.1) is 5.10 Å². The van der Waals surface area contributed by atoms with Crippen LogP contribution in [0, 0.1) is 0 Å². The summed E-state index contributed by atoms with van der Waals surface area (Å²) < 4.78 is 7.05. The molecule has 0 radical (unpaired) electrons. The SMILES string of the molecule is CCCOc1ccc(C(=O)Nc2ccc(-n3cnnn3)cc2)cc1. The number of benzene rings is 2. The van der Waals surface area contributed by atoms with E-state index < -0.39 is 0 Å². The molecule has 7 heteroatoms. The lowest BCUT2D eigenvalue weighted by molar-refractivity contribution is 0.102. The fraction of sp³-hybridized carbons (Fsp3) is 0.176. The smallest absolute Gasteiger partial charge is 0.255 e. The Kier molecular flexibility index (Phi) is 4.81. The lowest BCUT2D eigenvalue weighted by atomic mass is 10.2. The molecule has 2 aromatic carbocycles. The van der Waals surface area contributed by atoms with Crippen LogP contribution in [0.1, 0.15) is 23.7 Å². The summed E-state index contributed by atoms with van der Waals surface area (Å²) in [6.07, 6.45) is 2.46. The summed E-state index contributed by atoms with van der Waals surface area (Å²) in [6.45, 7) is 2.71. The molecule has 0 bridgehead atoms. The zero-order valence-electron chi connectivity index (χ0n) is 13.2. The molecule has 0 saturated heterocycles. The lowest BCUT2D eigenvalue weighted by Gasteiger charge is -2.08. The number of aromatic nitrogens is 4. The summed E-state index contributed by atoms with van der Waals surface area (Å²) in [6, 6.07) is 14.3. The highest BCUT2D eigenvalue weighted by Gasteiger charge is 2.07. The Hall–Kier alpha value is -3.22.